The van der Waals surface area contributed by atoms with E-state index in [-0.39, 0.29) is 31.1 Å². The molecule has 3 nitrogen and oxygen atoms in total. The van der Waals surface area contributed by atoms with E-state index in [1.54, 1.807) is 0 Å². The molecule has 2 aromatic rings. The summed E-state index contributed by atoms with van der Waals surface area (Å²) < 4.78 is 4.66. The Morgan fingerprint density at radius 3 is 1.36 bits per heavy atom. The van der Waals surface area contributed by atoms with Crippen LogP contribution in [0, 0.1) is 27.7 Å². The molecule has 0 radical (unpaired) electrons. The number of benzene rings is 2. The van der Waals surface area contributed by atoms with Crippen LogP contribution in [0.3, 0.4) is 0 Å². The molecule has 1 fully saturated rings. The normalized spacial score (nSPS) is 14.2. The molecule has 0 N–H and O–H groups in total. The van der Waals surface area contributed by atoms with Crippen molar-refractivity contribution in [1.29, 1.82) is 0 Å². The maximum atomic E-state index is 4.66. The molecule has 1 heterocycles. The van der Waals surface area contributed by atoms with E-state index in [1.807, 2.05) is 0 Å². The Morgan fingerprint density at radius 1 is 0.760 bits per heavy atom. The first kappa shape index (κ1) is 22.0. The van der Waals surface area contributed by atoms with Crippen molar-refractivity contribution in [2.24, 2.45) is 3.79 Å². The van der Waals surface area contributed by atoms with Gasteiger partial charge in [-0.2, -0.15) is 0 Å². The molecule has 0 unspecified atom stereocenters. The quantitative estimate of drug-likeness (QED) is 0.594. The van der Waals surface area contributed by atoms with E-state index >= 15 is 0 Å². The first-order valence-corrected chi connectivity index (χ1v) is 8.67. The number of para-hydroxylation sites is 2. The van der Waals surface area contributed by atoms with Crippen LogP contribution in [0.15, 0.2) is 40.2 Å². The third-order valence-corrected chi connectivity index (χ3v) is 5.02. The number of hydrogen-bond donors (Lipinski definition) is 0. The fourth-order valence-corrected chi connectivity index (χ4v) is 4.10. The van der Waals surface area contributed by atoms with Gasteiger partial charge in [0.2, 0.25) is 0 Å². The molecule has 1 aliphatic heterocycles. The third kappa shape index (κ3) is 4.06. The van der Waals surface area contributed by atoms with Crippen LogP contribution < -0.4 is 34.6 Å². The maximum absolute atomic E-state index is 4.66. The Bertz CT molecular complexity index is 651. The van der Waals surface area contributed by atoms with Gasteiger partial charge in [-0.3, -0.25) is 0 Å². The molecule has 133 valence electrons. The monoisotopic (exact) mass is 414 g/mol. The fourth-order valence-electron chi connectivity index (χ4n) is 3.71. The molecular formula is C19H23Cl2N3V. The fraction of sp³-hybridized carbons (Fsp3) is 0.368. The Morgan fingerprint density at radius 2 is 1.08 bits per heavy atom. The SMILES string of the molecule is Cc1cccc(C)c1N1CCN(c2c(C)cccc2C)C1[N]=[V+2].[Cl-].[Cl-]. The van der Waals surface area contributed by atoms with Gasteiger partial charge in [-0.1, -0.05) is 0 Å². The molecule has 0 amide bonds. The van der Waals surface area contributed by atoms with Gasteiger partial charge in [-0.25, -0.2) is 0 Å². The van der Waals surface area contributed by atoms with Crippen molar-refractivity contribution in [2.75, 3.05) is 22.9 Å². The van der Waals surface area contributed by atoms with Crippen LogP contribution in [0.25, 0.3) is 0 Å². The summed E-state index contributed by atoms with van der Waals surface area (Å²) >= 11 is 2.42. The minimum atomic E-state index is 0. The molecular weight excluding hydrogens is 392 g/mol. The van der Waals surface area contributed by atoms with Crippen molar-refractivity contribution in [3.63, 3.8) is 0 Å². The van der Waals surface area contributed by atoms with Crippen LogP contribution in [-0.2, 0) is 17.2 Å². The van der Waals surface area contributed by atoms with Gasteiger partial charge >= 0.3 is 148 Å². The van der Waals surface area contributed by atoms with E-state index in [9.17, 15) is 0 Å². The average Bonchev–Trinajstić information content (AvgIpc) is 2.90. The molecule has 0 spiro atoms. The standard InChI is InChI=1S/C19H23N3.2ClH.V/c1-13-7-5-8-14(2)17(13)21-11-12-22(19(21)20)18-15(3)9-6-10-16(18)4;;;/h5-10,19H,11-12H2,1-4H3;2*1H;/q;;;+2/p-2. The topological polar surface area (TPSA) is 18.8 Å². The summed E-state index contributed by atoms with van der Waals surface area (Å²) in [5.74, 6) is 0. The number of nitrogens with zero attached hydrogens (tertiary/aromatic N) is 3. The summed E-state index contributed by atoms with van der Waals surface area (Å²) in [5, 5.41) is 0. The Kier molecular flexibility index (Phi) is 8.02. The molecule has 0 atom stereocenters. The number of halogens is 2. The molecule has 2 aromatic carbocycles. The number of rotatable bonds is 3. The van der Waals surface area contributed by atoms with Gasteiger partial charge in [0.15, 0.2) is 0 Å². The van der Waals surface area contributed by atoms with Gasteiger partial charge in [0.1, 0.15) is 0 Å². The molecule has 0 saturated carbocycles. The smallest absolute Gasteiger partial charge is 1.00 e. The van der Waals surface area contributed by atoms with Gasteiger partial charge in [-0.05, 0) is 0 Å². The predicted octanol–water partition coefficient (Wildman–Crippen LogP) is -1.73. The van der Waals surface area contributed by atoms with Crippen LogP contribution in [0.5, 0.6) is 0 Å². The van der Waals surface area contributed by atoms with Gasteiger partial charge in [0, 0.05) is 0 Å². The second-order valence-electron chi connectivity index (χ2n) is 6.33. The van der Waals surface area contributed by atoms with E-state index in [4.69, 9.17) is 0 Å². The van der Waals surface area contributed by atoms with Crippen LogP contribution in [-0.4, -0.2) is 19.4 Å². The van der Waals surface area contributed by atoms with Crippen molar-refractivity contribution in [1.82, 2.24) is 0 Å². The van der Waals surface area contributed by atoms with E-state index in [0.717, 1.165) is 13.1 Å². The summed E-state index contributed by atoms with van der Waals surface area (Å²) in [6.45, 7) is 10.7. The molecule has 3 rings (SSSR count). The molecule has 25 heavy (non-hydrogen) atoms. The zero-order valence-electron chi connectivity index (χ0n) is 15.0. The molecule has 0 aliphatic carbocycles. The predicted molar refractivity (Wildman–Crippen MR) is 92.7 cm³/mol. The Balaban J connectivity index is 0.00000156. The third-order valence-electron chi connectivity index (χ3n) is 4.70. The van der Waals surface area contributed by atoms with Gasteiger partial charge in [-0.15, -0.1) is 0 Å². The van der Waals surface area contributed by atoms with Crippen LogP contribution in [0.1, 0.15) is 22.3 Å². The summed E-state index contributed by atoms with van der Waals surface area (Å²) in [5.41, 5.74) is 7.90. The number of anilines is 2. The molecule has 0 aromatic heterocycles. The van der Waals surface area contributed by atoms with Crippen molar-refractivity contribution in [2.45, 2.75) is 34.0 Å². The van der Waals surface area contributed by atoms with E-state index in [0.29, 0.717) is 0 Å². The van der Waals surface area contributed by atoms with E-state index in [1.165, 1.54) is 33.6 Å². The van der Waals surface area contributed by atoms with Crippen molar-refractivity contribution in [3.8, 4) is 0 Å². The minimum absolute atomic E-state index is 0. The van der Waals surface area contributed by atoms with Crippen LogP contribution in [0.2, 0.25) is 0 Å². The second-order valence-corrected chi connectivity index (χ2v) is 6.69. The Labute approximate surface area is 172 Å². The number of aryl methyl sites for hydroxylation is 4. The Hall–Kier alpha value is -0.996. The molecule has 1 saturated heterocycles. The minimum Gasteiger partial charge on any atom is -1.00 e. The first-order chi connectivity index (χ1) is 11.0. The largest absolute Gasteiger partial charge is 1.00 e. The zero-order chi connectivity index (χ0) is 16.6. The van der Waals surface area contributed by atoms with Crippen molar-refractivity contribution in [3.05, 3.63) is 58.7 Å². The maximum Gasteiger partial charge on any atom is -1.00 e. The summed E-state index contributed by atoms with van der Waals surface area (Å²) in [6.07, 6.45) is 0.0367. The van der Waals surface area contributed by atoms with Crippen molar-refractivity contribution < 1.29 is 42.0 Å². The molecule has 1 aliphatic rings. The van der Waals surface area contributed by atoms with Crippen LogP contribution >= 0.6 is 0 Å². The first-order valence-electron chi connectivity index (χ1n) is 8.04. The summed E-state index contributed by atoms with van der Waals surface area (Å²) in [7, 11) is 0. The molecule has 6 heteroatoms. The van der Waals surface area contributed by atoms with Gasteiger partial charge in [0.25, 0.3) is 0 Å². The van der Waals surface area contributed by atoms with Crippen molar-refractivity contribution >= 4 is 11.4 Å². The second kappa shape index (κ2) is 9.09. The van der Waals surface area contributed by atoms with E-state index < -0.39 is 0 Å². The summed E-state index contributed by atoms with van der Waals surface area (Å²) in [6, 6.07) is 13.0. The number of hydrogen-bond acceptors (Lipinski definition) is 3. The van der Waals surface area contributed by atoms with Gasteiger partial charge in [0.05, 0.1) is 0 Å². The zero-order valence-corrected chi connectivity index (χ0v) is 17.9. The molecule has 0 bridgehead atoms. The average molecular weight is 415 g/mol. The van der Waals surface area contributed by atoms with E-state index in [2.05, 4.69) is 94.9 Å². The van der Waals surface area contributed by atoms with Gasteiger partial charge < -0.3 is 24.8 Å². The van der Waals surface area contributed by atoms with Crippen LogP contribution in [0.4, 0.5) is 11.4 Å². The summed E-state index contributed by atoms with van der Waals surface area (Å²) in [4.78, 5) is 4.85.